The summed E-state index contributed by atoms with van der Waals surface area (Å²) in [6, 6.07) is 5.42. The molecule has 104 valence electrons. The summed E-state index contributed by atoms with van der Waals surface area (Å²) < 4.78 is 5.32. The van der Waals surface area contributed by atoms with Crippen LogP contribution >= 0.6 is 23.8 Å². The van der Waals surface area contributed by atoms with E-state index in [0.29, 0.717) is 15.8 Å². The molecule has 0 radical (unpaired) electrons. The molecule has 0 aliphatic heterocycles. The summed E-state index contributed by atoms with van der Waals surface area (Å²) in [4.78, 5) is 4.38. The number of hydrogen-bond acceptors (Lipinski definition) is 4. The number of halogens is 1. The number of nitrogens with zero attached hydrogens (tertiary/aromatic N) is 1. The van der Waals surface area contributed by atoms with Gasteiger partial charge in [-0.25, -0.2) is 0 Å². The van der Waals surface area contributed by atoms with Crippen molar-refractivity contribution in [2.24, 2.45) is 5.73 Å². The molecule has 20 heavy (non-hydrogen) atoms. The van der Waals surface area contributed by atoms with Gasteiger partial charge in [0.25, 0.3) is 0 Å². The van der Waals surface area contributed by atoms with Gasteiger partial charge in [0.15, 0.2) is 0 Å². The fraction of sp³-hybridized carbons (Fsp3) is 0.143. The second-order valence-electron chi connectivity index (χ2n) is 4.21. The molecule has 0 saturated heterocycles. The van der Waals surface area contributed by atoms with Crippen molar-refractivity contribution >= 4 is 40.2 Å². The van der Waals surface area contributed by atoms with Gasteiger partial charge in [-0.15, -0.1) is 0 Å². The van der Waals surface area contributed by atoms with Crippen LogP contribution in [-0.2, 0) is 0 Å². The van der Waals surface area contributed by atoms with Crippen molar-refractivity contribution in [2.45, 2.75) is 6.92 Å². The minimum Gasteiger partial charge on any atom is -0.495 e. The normalized spacial score (nSPS) is 10.2. The Morgan fingerprint density at radius 1 is 1.40 bits per heavy atom. The summed E-state index contributed by atoms with van der Waals surface area (Å²) in [6.45, 7) is 1.92. The quantitative estimate of drug-likeness (QED) is 0.847. The van der Waals surface area contributed by atoms with Crippen molar-refractivity contribution in [3.8, 4) is 5.75 Å². The number of pyridine rings is 1. The maximum atomic E-state index is 6.09. The minimum absolute atomic E-state index is 0.305. The Labute approximate surface area is 127 Å². The lowest BCUT2D eigenvalue weighted by molar-refractivity contribution is 0.417. The third-order valence-corrected chi connectivity index (χ3v) is 3.46. The summed E-state index contributed by atoms with van der Waals surface area (Å²) in [6.07, 6.45) is 3.31. The smallest absolute Gasteiger partial charge is 0.143 e. The van der Waals surface area contributed by atoms with Crippen molar-refractivity contribution in [2.75, 3.05) is 12.4 Å². The van der Waals surface area contributed by atoms with Gasteiger partial charge in [0.05, 0.1) is 24.7 Å². The molecule has 0 amide bonds. The highest BCUT2D eigenvalue weighted by Gasteiger charge is 2.10. The zero-order chi connectivity index (χ0) is 14.7. The lowest BCUT2D eigenvalue weighted by atomic mass is 10.1. The summed E-state index contributed by atoms with van der Waals surface area (Å²) >= 11 is 11.1. The fourth-order valence-electron chi connectivity index (χ4n) is 1.78. The number of hydrogen-bond donors (Lipinski definition) is 2. The second kappa shape index (κ2) is 6.07. The predicted molar refractivity (Wildman–Crippen MR) is 86.1 cm³/mol. The van der Waals surface area contributed by atoms with Crippen LogP contribution < -0.4 is 15.8 Å². The third-order valence-electron chi connectivity index (χ3n) is 2.84. The minimum atomic E-state index is 0.305. The number of benzene rings is 1. The molecule has 0 spiro atoms. The number of thiocarbonyl (C=S) groups is 1. The second-order valence-corrected chi connectivity index (χ2v) is 5.06. The molecule has 1 aromatic heterocycles. The number of nitrogens with two attached hydrogens (primary N) is 1. The summed E-state index contributed by atoms with van der Waals surface area (Å²) in [5.41, 5.74) is 8.87. The van der Waals surface area contributed by atoms with E-state index in [1.165, 1.54) is 0 Å². The van der Waals surface area contributed by atoms with Gasteiger partial charge in [-0.1, -0.05) is 23.8 Å². The number of anilines is 2. The van der Waals surface area contributed by atoms with Crippen molar-refractivity contribution in [3.63, 3.8) is 0 Å². The van der Waals surface area contributed by atoms with Crippen LogP contribution in [0.5, 0.6) is 5.75 Å². The van der Waals surface area contributed by atoms with Gasteiger partial charge in [-0.05, 0) is 24.6 Å². The van der Waals surface area contributed by atoms with Crippen LogP contribution in [0.3, 0.4) is 0 Å². The Balaban J connectivity index is 2.45. The Morgan fingerprint density at radius 2 is 2.15 bits per heavy atom. The first-order valence-corrected chi connectivity index (χ1v) is 6.66. The molecule has 4 nitrogen and oxygen atoms in total. The zero-order valence-corrected chi connectivity index (χ0v) is 12.7. The molecular weight excluding hydrogens is 294 g/mol. The maximum absolute atomic E-state index is 6.09. The lowest BCUT2D eigenvalue weighted by Gasteiger charge is -2.15. The average molecular weight is 308 g/mol. The van der Waals surface area contributed by atoms with Crippen molar-refractivity contribution in [3.05, 3.63) is 46.7 Å². The van der Waals surface area contributed by atoms with E-state index in [0.717, 1.165) is 22.5 Å². The summed E-state index contributed by atoms with van der Waals surface area (Å²) in [5.74, 6) is 0.637. The van der Waals surface area contributed by atoms with Crippen LogP contribution in [0.25, 0.3) is 0 Å². The molecule has 6 heteroatoms. The first-order chi connectivity index (χ1) is 9.52. The van der Waals surface area contributed by atoms with E-state index in [-0.39, 0.29) is 0 Å². The zero-order valence-electron chi connectivity index (χ0n) is 11.1. The Hall–Kier alpha value is -1.85. The maximum Gasteiger partial charge on any atom is 0.143 e. The average Bonchev–Trinajstić information content (AvgIpc) is 2.43. The third kappa shape index (κ3) is 3.00. The molecule has 1 heterocycles. The number of nitrogens with one attached hydrogen (secondary N) is 1. The molecule has 2 rings (SSSR count). The van der Waals surface area contributed by atoms with Gasteiger partial charge in [-0.3, -0.25) is 4.98 Å². The van der Waals surface area contributed by atoms with E-state index >= 15 is 0 Å². The predicted octanol–water partition coefficient (Wildman–Crippen LogP) is 3.43. The van der Waals surface area contributed by atoms with Gasteiger partial charge in [0, 0.05) is 22.8 Å². The topological polar surface area (TPSA) is 60.2 Å². The molecule has 0 aliphatic carbocycles. The standard InChI is InChI=1S/C14H14ClN3OS/c1-8-5-11(13(19-2)6-10(8)15)18-12-7-17-4-3-9(12)14(16)20/h3-7,18H,1-2H3,(H2,16,20). The van der Waals surface area contributed by atoms with Crippen LogP contribution in [0.4, 0.5) is 11.4 Å². The number of ether oxygens (including phenoxy) is 1. The number of aromatic nitrogens is 1. The SMILES string of the molecule is COc1cc(Cl)c(C)cc1Nc1cnccc1C(N)=S. The summed E-state index contributed by atoms with van der Waals surface area (Å²) in [7, 11) is 1.59. The molecule has 0 aliphatic rings. The molecular formula is C14H14ClN3OS. The first kappa shape index (κ1) is 14.6. The first-order valence-electron chi connectivity index (χ1n) is 5.88. The molecule has 0 unspecified atom stereocenters. The molecule has 3 N–H and O–H groups in total. The monoisotopic (exact) mass is 307 g/mol. The van der Waals surface area contributed by atoms with Gasteiger partial charge in [0.1, 0.15) is 10.7 Å². The Kier molecular flexibility index (Phi) is 4.42. The molecule has 2 aromatic rings. The van der Waals surface area contributed by atoms with Crippen LogP contribution in [-0.4, -0.2) is 17.1 Å². The molecule has 1 aromatic carbocycles. The van der Waals surface area contributed by atoms with E-state index in [1.54, 1.807) is 31.6 Å². The number of rotatable bonds is 4. The molecule has 0 atom stereocenters. The Bertz CT molecular complexity index is 661. The molecule has 0 bridgehead atoms. The van der Waals surface area contributed by atoms with Crippen molar-refractivity contribution in [1.82, 2.24) is 4.98 Å². The van der Waals surface area contributed by atoms with Gasteiger partial charge < -0.3 is 15.8 Å². The highest BCUT2D eigenvalue weighted by Crippen LogP contribution is 2.33. The van der Waals surface area contributed by atoms with Gasteiger partial charge in [0.2, 0.25) is 0 Å². The highest BCUT2D eigenvalue weighted by molar-refractivity contribution is 7.80. The van der Waals surface area contributed by atoms with Crippen molar-refractivity contribution < 1.29 is 4.74 Å². The van der Waals surface area contributed by atoms with E-state index in [4.69, 9.17) is 34.3 Å². The van der Waals surface area contributed by atoms with E-state index in [2.05, 4.69) is 10.3 Å². The molecule has 0 fully saturated rings. The molecule has 0 saturated carbocycles. The number of methoxy groups -OCH3 is 1. The van der Waals surface area contributed by atoms with Crippen LogP contribution in [0.2, 0.25) is 5.02 Å². The van der Waals surface area contributed by atoms with Crippen LogP contribution in [0.15, 0.2) is 30.6 Å². The van der Waals surface area contributed by atoms with E-state index in [9.17, 15) is 0 Å². The highest BCUT2D eigenvalue weighted by atomic mass is 35.5. The van der Waals surface area contributed by atoms with Gasteiger partial charge in [-0.2, -0.15) is 0 Å². The Morgan fingerprint density at radius 3 is 2.80 bits per heavy atom. The lowest BCUT2D eigenvalue weighted by Crippen LogP contribution is -2.12. The number of aryl methyl sites for hydroxylation is 1. The van der Waals surface area contributed by atoms with Crippen LogP contribution in [0.1, 0.15) is 11.1 Å². The fourth-order valence-corrected chi connectivity index (χ4v) is 2.12. The van der Waals surface area contributed by atoms with Crippen molar-refractivity contribution in [1.29, 1.82) is 0 Å². The summed E-state index contributed by atoms with van der Waals surface area (Å²) in [5, 5.41) is 3.87. The largest absolute Gasteiger partial charge is 0.495 e. The van der Waals surface area contributed by atoms with E-state index < -0.39 is 0 Å². The van der Waals surface area contributed by atoms with Gasteiger partial charge >= 0.3 is 0 Å². The van der Waals surface area contributed by atoms with Crippen LogP contribution in [0, 0.1) is 6.92 Å². The van der Waals surface area contributed by atoms with E-state index in [1.807, 2.05) is 13.0 Å².